The van der Waals surface area contributed by atoms with E-state index in [-0.39, 0.29) is 18.2 Å². The van der Waals surface area contributed by atoms with Gasteiger partial charge in [0.1, 0.15) is 6.42 Å². The van der Waals surface area contributed by atoms with Crippen molar-refractivity contribution in [3.05, 3.63) is 52.1 Å². The average molecular weight is 361 g/mol. The summed E-state index contributed by atoms with van der Waals surface area (Å²) in [5.74, 6) is 0.458. The van der Waals surface area contributed by atoms with Crippen LogP contribution in [0.15, 0.2) is 39.2 Å². The fraction of sp³-hybridized carbons (Fsp3) is 0.200. The minimum Gasteiger partial charge on any atom is -0.420 e. The van der Waals surface area contributed by atoms with Crippen LogP contribution < -0.4 is 0 Å². The molecular weight excluding hydrogens is 348 g/mol. The van der Waals surface area contributed by atoms with Gasteiger partial charge in [0.05, 0.1) is 5.69 Å². The molecule has 0 unspecified atom stereocenters. The van der Waals surface area contributed by atoms with Crippen LogP contribution in [0.4, 0.5) is 0 Å². The third-order valence-corrected chi connectivity index (χ3v) is 3.58. The summed E-state index contributed by atoms with van der Waals surface area (Å²) in [6.07, 6.45) is 0.0168. The van der Waals surface area contributed by atoms with E-state index in [1.807, 2.05) is 44.2 Å². The summed E-state index contributed by atoms with van der Waals surface area (Å²) in [5, 5.41) is 12.1. The zero-order valence-corrected chi connectivity index (χ0v) is 13.7. The molecule has 0 saturated heterocycles. The Morgan fingerprint density at radius 3 is 2.77 bits per heavy atom. The maximum atomic E-state index is 12.2. The first-order chi connectivity index (χ1) is 10.5. The number of hydrogen-bond donors (Lipinski definition) is 0. The Hall–Kier alpha value is -2.28. The third-order valence-electron chi connectivity index (χ3n) is 3.09. The van der Waals surface area contributed by atoms with Crippen molar-refractivity contribution in [1.29, 1.82) is 0 Å². The zero-order valence-electron chi connectivity index (χ0n) is 12.1. The highest BCUT2D eigenvalue weighted by molar-refractivity contribution is 9.10. The van der Waals surface area contributed by atoms with Gasteiger partial charge < -0.3 is 4.42 Å². The first kappa shape index (κ1) is 14.6. The van der Waals surface area contributed by atoms with Crippen molar-refractivity contribution in [3.8, 4) is 11.5 Å². The molecule has 2 heterocycles. The van der Waals surface area contributed by atoms with Crippen molar-refractivity contribution >= 4 is 21.8 Å². The van der Waals surface area contributed by atoms with Crippen molar-refractivity contribution in [2.45, 2.75) is 20.3 Å². The minimum atomic E-state index is -0.199. The molecular formula is C15H13BrN4O2. The van der Waals surface area contributed by atoms with E-state index in [0.29, 0.717) is 5.89 Å². The largest absolute Gasteiger partial charge is 0.420 e. The van der Waals surface area contributed by atoms with E-state index in [1.165, 1.54) is 4.68 Å². The van der Waals surface area contributed by atoms with Crippen LogP contribution in [0.5, 0.6) is 0 Å². The average Bonchev–Trinajstić information content (AvgIpc) is 3.05. The maximum absolute atomic E-state index is 12.2. The molecule has 0 saturated carbocycles. The van der Waals surface area contributed by atoms with Gasteiger partial charge in [-0.05, 0) is 38.1 Å². The van der Waals surface area contributed by atoms with E-state index < -0.39 is 0 Å². The lowest BCUT2D eigenvalue weighted by molar-refractivity contribution is 0.0887. The van der Waals surface area contributed by atoms with Crippen LogP contribution in [0.1, 0.15) is 22.1 Å². The molecule has 0 atom stereocenters. The third kappa shape index (κ3) is 2.99. The molecule has 2 aromatic heterocycles. The fourth-order valence-corrected chi connectivity index (χ4v) is 2.55. The van der Waals surface area contributed by atoms with Gasteiger partial charge in [-0.3, -0.25) is 4.79 Å². The molecule has 3 aromatic rings. The number of aryl methyl sites for hydroxylation is 2. The highest BCUT2D eigenvalue weighted by Gasteiger charge is 2.16. The molecule has 6 nitrogen and oxygen atoms in total. The fourth-order valence-electron chi connectivity index (χ4n) is 2.15. The van der Waals surface area contributed by atoms with E-state index in [4.69, 9.17) is 4.42 Å². The maximum Gasteiger partial charge on any atom is 0.256 e. The summed E-state index contributed by atoms with van der Waals surface area (Å²) in [6.45, 7) is 3.67. The van der Waals surface area contributed by atoms with Crippen molar-refractivity contribution in [3.63, 3.8) is 0 Å². The first-order valence-corrected chi connectivity index (χ1v) is 7.47. The molecule has 0 radical (unpaired) electrons. The number of rotatable bonds is 3. The normalized spacial score (nSPS) is 10.9. The van der Waals surface area contributed by atoms with E-state index in [1.54, 1.807) is 0 Å². The SMILES string of the molecule is Cc1cc(C)n(C(=O)Cc2nnc(-c3cccc(Br)c3)o2)n1. The van der Waals surface area contributed by atoms with E-state index in [2.05, 4.69) is 31.2 Å². The number of carbonyl (C=O) groups is 1. The molecule has 0 aliphatic heterocycles. The van der Waals surface area contributed by atoms with Gasteiger partial charge in [0, 0.05) is 15.7 Å². The Labute approximate surface area is 135 Å². The van der Waals surface area contributed by atoms with Gasteiger partial charge in [-0.25, -0.2) is 4.68 Å². The number of nitrogens with zero attached hydrogens (tertiary/aromatic N) is 4. The van der Waals surface area contributed by atoms with Crippen LogP contribution in [-0.2, 0) is 6.42 Å². The van der Waals surface area contributed by atoms with Crippen LogP contribution in [0.3, 0.4) is 0 Å². The first-order valence-electron chi connectivity index (χ1n) is 6.68. The summed E-state index contributed by atoms with van der Waals surface area (Å²) >= 11 is 3.39. The molecule has 0 N–H and O–H groups in total. The Morgan fingerprint density at radius 2 is 2.09 bits per heavy atom. The smallest absolute Gasteiger partial charge is 0.256 e. The summed E-state index contributed by atoms with van der Waals surface area (Å²) in [6, 6.07) is 9.38. The number of hydrogen-bond acceptors (Lipinski definition) is 5. The van der Waals surface area contributed by atoms with E-state index >= 15 is 0 Å². The number of aromatic nitrogens is 4. The van der Waals surface area contributed by atoms with Gasteiger partial charge in [0.2, 0.25) is 11.8 Å². The van der Waals surface area contributed by atoms with Gasteiger partial charge in [0.25, 0.3) is 5.91 Å². The van der Waals surface area contributed by atoms with Crippen molar-refractivity contribution in [2.24, 2.45) is 0 Å². The predicted molar refractivity (Wildman–Crippen MR) is 83.5 cm³/mol. The number of carbonyl (C=O) groups excluding carboxylic acids is 1. The molecule has 0 aliphatic rings. The van der Waals surface area contributed by atoms with E-state index in [9.17, 15) is 4.79 Å². The van der Waals surface area contributed by atoms with Crippen molar-refractivity contribution in [2.75, 3.05) is 0 Å². The lowest BCUT2D eigenvalue weighted by atomic mass is 10.2. The van der Waals surface area contributed by atoms with Crippen LogP contribution in [0.25, 0.3) is 11.5 Å². The highest BCUT2D eigenvalue weighted by Crippen LogP contribution is 2.22. The van der Waals surface area contributed by atoms with Gasteiger partial charge >= 0.3 is 0 Å². The lowest BCUT2D eigenvalue weighted by Gasteiger charge is -1.99. The molecule has 22 heavy (non-hydrogen) atoms. The molecule has 7 heteroatoms. The molecule has 0 amide bonds. The topological polar surface area (TPSA) is 73.8 Å². The van der Waals surface area contributed by atoms with Gasteiger partial charge in [-0.1, -0.05) is 22.0 Å². The summed E-state index contributed by atoms with van der Waals surface area (Å²) < 4.78 is 7.84. The van der Waals surface area contributed by atoms with Gasteiger partial charge in [0.15, 0.2) is 0 Å². The van der Waals surface area contributed by atoms with Crippen molar-refractivity contribution in [1.82, 2.24) is 20.0 Å². The molecule has 0 spiro atoms. The summed E-state index contributed by atoms with van der Waals surface area (Å²) in [7, 11) is 0. The zero-order chi connectivity index (χ0) is 15.7. The van der Waals surface area contributed by atoms with Gasteiger partial charge in [-0.15, -0.1) is 10.2 Å². The Morgan fingerprint density at radius 1 is 1.27 bits per heavy atom. The molecule has 112 valence electrons. The summed E-state index contributed by atoms with van der Waals surface area (Å²) in [5.41, 5.74) is 2.38. The molecule has 1 aromatic carbocycles. The minimum absolute atomic E-state index is 0.0168. The van der Waals surface area contributed by atoms with Crippen LogP contribution >= 0.6 is 15.9 Å². The second-order valence-electron chi connectivity index (χ2n) is 4.92. The lowest BCUT2D eigenvalue weighted by Crippen LogP contribution is -2.16. The number of halogens is 1. The van der Waals surface area contributed by atoms with E-state index in [0.717, 1.165) is 21.4 Å². The van der Waals surface area contributed by atoms with Crippen LogP contribution in [0.2, 0.25) is 0 Å². The molecule has 0 fully saturated rings. The van der Waals surface area contributed by atoms with Gasteiger partial charge in [-0.2, -0.15) is 5.10 Å². The quantitative estimate of drug-likeness (QED) is 0.716. The Balaban J connectivity index is 1.80. The molecule has 0 bridgehead atoms. The molecule has 3 rings (SSSR count). The second-order valence-corrected chi connectivity index (χ2v) is 5.84. The predicted octanol–water partition coefficient (Wildman–Crippen LogP) is 3.20. The monoisotopic (exact) mass is 360 g/mol. The molecule has 0 aliphatic carbocycles. The Bertz CT molecular complexity index is 838. The summed E-state index contributed by atoms with van der Waals surface area (Å²) in [4.78, 5) is 12.2. The van der Waals surface area contributed by atoms with Crippen molar-refractivity contribution < 1.29 is 9.21 Å². The second kappa shape index (κ2) is 5.84. The van der Waals surface area contributed by atoms with Crippen LogP contribution in [-0.4, -0.2) is 25.9 Å². The Kier molecular flexibility index (Phi) is 3.89. The van der Waals surface area contributed by atoms with Crippen LogP contribution in [0, 0.1) is 13.8 Å². The standard InChI is InChI=1S/C15H13BrN4O2/c1-9-6-10(2)20(19-9)14(21)8-13-17-18-15(22-13)11-4-3-5-12(16)7-11/h3-7H,8H2,1-2H3. The number of benzene rings is 1. The highest BCUT2D eigenvalue weighted by atomic mass is 79.9.